The normalized spacial score (nSPS) is 11.1. The van der Waals surface area contributed by atoms with Crippen molar-refractivity contribution < 1.29 is 9.50 Å². The minimum atomic E-state index is -0.276. The van der Waals surface area contributed by atoms with Gasteiger partial charge in [-0.15, -0.1) is 0 Å². The molecule has 0 aliphatic carbocycles. The van der Waals surface area contributed by atoms with Gasteiger partial charge in [-0.3, -0.25) is 0 Å². The van der Waals surface area contributed by atoms with Crippen molar-refractivity contribution in [2.75, 3.05) is 5.73 Å². The lowest BCUT2D eigenvalue weighted by Gasteiger charge is -2.08. The van der Waals surface area contributed by atoms with Crippen LogP contribution in [0.25, 0.3) is 11.0 Å². The van der Waals surface area contributed by atoms with Crippen LogP contribution in [0.5, 0.6) is 0 Å². The Balaban J connectivity index is 2.10. The predicted molar refractivity (Wildman–Crippen MR) is 75.6 cm³/mol. The van der Waals surface area contributed by atoms with Crippen LogP contribution in [-0.4, -0.2) is 14.7 Å². The standard InChI is InChI=1S/C15H14FN3O/c16-11-3-1-2-10(6-11)8-19-14-5-4-12(17)7-13(14)18-15(19)9-20/h1-7,20H,8-9,17H2. The van der Waals surface area contributed by atoms with E-state index in [9.17, 15) is 9.50 Å². The van der Waals surface area contributed by atoms with Crippen molar-refractivity contribution in [2.45, 2.75) is 13.2 Å². The van der Waals surface area contributed by atoms with Crippen molar-refractivity contribution in [3.05, 3.63) is 59.7 Å². The first-order valence-corrected chi connectivity index (χ1v) is 6.27. The minimum Gasteiger partial charge on any atom is -0.399 e. The van der Waals surface area contributed by atoms with E-state index in [1.165, 1.54) is 12.1 Å². The summed E-state index contributed by atoms with van der Waals surface area (Å²) in [4.78, 5) is 4.35. The van der Waals surface area contributed by atoms with Gasteiger partial charge in [0.1, 0.15) is 18.2 Å². The van der Waals surface area contributed by atoms with E-state index in [0.717, 1.165) is 16.6 Å². The van der Waals surface area contributed by atoms with E-state index in [-0.39, 0.29) is 12.4 Å². The molecule has 0 amide bonds. The number of imidazole rings is 1. The van der Waals surface area contributed by atoms with Gasteiger partial charge in [0.25, 0.3) is 0 Å². The van der Waals surface area contributed by atoms with Crippen molar-refractivity contribution >= 4 is 16.7 Å². The van der Waals surface area contributed by atoms with Gasteiger partial charge in [-0.25, -0.2) is 9.37 Å². The van der Waals surface area contributed by atoms with E-state index in [0.29, 0.717) is 18.1 Å². The number of nitrogens with zero attached hydrogens (tertiary/aromatic N) is 2. The summed E-state index contributed by atoms with van der Waals surface area (Å²) in [5.41, 5.74) is 8.77. The molecule has 0 fully saturated rings. The summed E-state index contributed by atoms with van der Waals surface area (Å²) < 4.78 is 15.1. The zero-order chi connectivity index (χ0) is 14.1. The molecule has 0 saturated carbocycles. The fourth-order valence-electron chi connectivity index (χ4n) is 2.31. The molecule has 20 heavy (non-hydrogen) atoms. The molecule has 5 heteroatoms. The number of benzene rings is 2. The van der Waals surface area contributed by atoms with E-state index in [2.05, 4.69) is 4.98 Å². The maximum Gasteiger partial charge on any atom is 0.136 e. The summed E-state index contributed by atoms with van der Waals surface area (Å²) in [6, 6.07) is 11.8. The van der Waals surface area contributed by atoms with Crippen LogP contribution in [0.1, 0.15) is 11.4 Å². The Morgan fingerprint density at radius 3 is 2.80 bits per heavy atom. The summed E-state index contributed by atoms with van der Waals surface area (Å²) in [5, 5.41) is 9.43. The molecule has 1 aromatic heterocycles. The maximum absolute atomic E-state index is 13.3. The zero-order valence-electron chi connectivity index (χ0n) is 10.8. The van der Waals surface area contributed by atoms with E-state index < -0.39 is 0 Å². The van der Waals surface area contributed by atoms with Crippen LogP contribution < -0.4 is 5.73 Å². The number of anilines is 1. The lowest BCUT2D eigenvalue weighted by Crippen LogP contribution is -2.05. The van der Waals surface area contributed by atoms with Crippen molar-refractivity contribution in [2.24, 2.45) is 0 Å². The van der Waals surface area contributed by atoms with E-state index in [1.807, 2.05) is 16.7 Å². The Morgan fingerprint density at radius 2 is 2.05 bits per heavy atom. The van der Waals surface area contributed by atoms with Gasteiger partial charge in [0.2, 0.25) is 0 Å². The number of aliphatic hydroxyl groups excluding tert-OH is 1. The molecule has 3 N–H and O–H groups in total. The van der Waals surface area contributed by atoms with Crippen LogP contribution in [0.3, 0.4) is 0 Å². The summed E-state index contributed by atoms with van der Waals surface area (Å²) >= 11 is 0. The summed E-state index contributed by atoms with van der Waals surface area (Å²) in [6.07, 6.45) is 0. The quantitative estimate of drug-likeness (QED) is 0.718. The number of rotatable bonds is 3. The first-order chi connectivity index (χ1) is 9.67. The van der Waals surface area contributed by atoms with Gasteiger partial charge in [0, 0.05) is 12.2 Å². The van der Waals surface area contributed by atoms with E-state index in [4.69, 9.17) is 5.73 Å². The molecule has 1 heterocycles. The number of hydrogen-bond acceptors (Lipinski definition) is 3. The lowest BCUT2D eigenvalue weighted by molar-refractivity contribution is 0.267. The van der Waals surface area contributed by atoms with Crippen LogP contribution in [0, 0.1) is 5.82 Å². The fourth-order valence-corrected chi connectivity index (χ4v) is 2.31. The van der Waals surface area contributed by atoms with Gasteiger partial charge in [-0.2, -0.15) is 0 Å². The average Bonchev–Trinajstić information content (AvgIpc) is 2.76. The SMILES string of the molecule is Nc1ccc2c(c1)nc(CO)n2Cc1cccc(F)c1. The predicted octanol–water partition coefficient (Wildman–Crippen LogP) is 2.30. The number of nitrogen functional groups attached to an aromatic ring is 1. The molecule has 0 aliphatic rings. The number of nitrogens with two attached hydrogens (primary N) is 1. The number of halogens is 1. The average molecular weight is 271 g/mol. The van der Waals surface area contributed by atoms with E-state index in [1.54, 1.807) is 18.2 Å². The number of hydrogen-bond donors (Lipinski definition) is 2. The Kier molecular flexibility index (Phi) is 3.12. The van der Waals surface area contributed by atoms with Crippen LogP contribution in [0.15, 0.2) is 42.5 Å². The zero-order valence-corrected chi connectivity index (χ0v) is 10.8. The molecule has 3 aromatic rings. The van der Waals surface area contributed by atoms with Gasteiger partial charge in [0.05, 0.1) is 11.0 Å². The Morgan fingerprint density at radius 1 is 1.20 bits per heavy atom. The molecule has 2 aromatic carbocycles. The van der Waals surface area contributed by atoms with Crippen molar-refractivity contribution in [3.63, 3.8) is 0 Å². The number of fused-ring (bicyclic) bond motifs is 1. The highest BCUT2D eigenvalue weighted by atomic mass is 19.1. The fraction of sp³-hybridized carbons (Fsp3) is 0.133. The smallest absolute Gasteiger partial charge is 0.136 e. The van der Waals surface area contributed by atoms with Crippen molar-refractivity contribution in [1.82, 2.24) is 9.55 Å². The highest BCUT2D eigenvalue weighted by Crippen LogP contribution is 2.20. The largest absolute Gasteiger partial charge is 0.399 e. The molecule has 0 atom stereocenters. The van der Waals surface area contributed by atoms with Gasteiger partial charge in [-0.1, -0.05) is 12.1 Å². The van der Waals surface area contributed by atoms with Gasteiger partial charge in [0.15, 0.2) is 0 Å². The Labute approximate surface area is 115 Å². The monoisotopic (exact) mass is 271 g/mol. The molecule has 0 saturated heterocycles. The highest BCUT2D eigenvalue weighted by Gasteiger charge is 2.10. The number of aliphatic hydroxyl groups is 1. The summed E-state index contributed by atoms with van der Waals surface area (Å²) in [7, 11) is 0. The van der Waals surface area contributed by atoms with Gasteiger partial charge < -0.3 is 15.4 Å². The summed E-state index contributed by atoms with van der Waals surface area (Å²) in [6.45, 7) is 0.276. The number of aromatic nitrogens is 2. The molecule has 3 rings (SSSR count). The first-order valence-electron chi connectivity index (χ1n) is 6.27. The second-order valence-corrected chi connectivity index (χ2v) is 4.65. The molecule has 0 spiro atoms. The van der Waals surface area contributed by atoms with Crippen LogP contribution in [0.2, 0.25) is 0 Å². The lowest BCUT2D eigenvalue weighted by atomic mass is 10.2. The van der Waals surface area contributed by atoms with Crippen LogP contribution in [0.4, 0.5) is 10.1 Å². The molecule has 4 nitrogen and oxygen atoms in total. The second kappa shape index (κ2) is 4.94. The molecule has 0 unspecified atom stereocenters. The second-order valence-electron chi connectivity index (χ2n) is 4.65. The molecular weight excluding hydrogens is 257 g/mol. The van der Waals surface area contributed by atoms with Crippen molar-refractivity contribution in [1.29, 1.82) is 0 Å². The molecular formula is C15H14FN3O. The molecule has 0 radical (unpaired) electrons. The Hall–Kier alpha value is -2.40. The Bertz CT molecular complexity index is 767. The molecule has 102 valence electrons. The summed E-state index contributed by atoms with van der Waals surface area (Å²) in [5.74, 6) is 0.261. The maximum atomic E-state index is 13.3. The first kappa shape index (κ1) is 12.6. The third-order valence-corrected chi connectivity index (χ3v) is 3.22. The van der Waals surface area contributed by atoms with E-state index >= 15 is 0 Å². The topological polar surface area (TPSA) is 64.1 Å². The van der Waals surface area contributed by atoms with Gasteiger partial charge >= 0.3 is 0 Å². The van der Waals surface area contributed by atoms with Crippen LogP contribution in [-0.2, 0) is 13.2 Å². The van der Waals surface area contributed by atoms with Crippen molar-refractivity contribution in [3.8, 4) is 0 Å². The minimum absolute atomic E-state index is 0.177. The molecule has 0 aliphatic heterocycles. The van der Waals surface area contributed by atoms with Crippen LogP contribution >= 0.6 is 0 Å². The molecule has 0 bridgehead atoms. The van der Waals surface area contributed by atoms with Gasteiger partial charge in [-0.05, 0) is 35.9 Å². The third kappa shape index (κ3) is 2.23. The third-order valence-electron chi connectivity index (χ3n) is 3.22. The highest BCUT2D eigenvalue weighted by molar-refractivity contribution is 5.79.